The minimum atomic E-state index is -0.174. The van der Waals surface area contributed by atoms with E-state index in [9.17, 15) is 4.79 Å². The highest BCUT2D eigenvalue weighted by Crippen LogP contribution is 2.30. The molecule has 0 radical (unpaired) electrons. The average Bonchev–Trinajstić information content (AvgIpc) is 3.37. The number of aromatic nitrogens is 4. The second-order valence-corrected chi connectivity index (χ2v) is 7.61. The molecular formula is C22H26N6O2. The quantitative estimate of drug-likeness (QED) is 0.650. The van der Waals surface area contributed by atoms with Gasteiger partial charge >= 0.3 is 5.97 Å². The molecule has 1 atom stereocenters. The van der Waals surface area contributed by atoms with E-state index in [0.717, 1.165) is 47.7 Å². The van der Waals surface area contributed by atoms with Crippen LogP contribution >= 0.6 is 0 Å². The maximum Gasteiger partial charge on any atom is 0.305 e. The number of nitrogens with two attached hydrogens (primary N) is 1. The molecule has 3 aromatic heterocycles. The molecule has 0 amide bonds. The van der Waals surface area contributed by atoms with E-state index in [1.165, 1.54) is 7.11 Å². The Morgan fingerprint density at radius 1 is 1.37 bits per heavy atom. The van der Waals surface area contributed by atoms with Crippen molar-refractivity contribution in [1.29, 1.82) is 0 Å². The first-order chi connectivity index (χ1) is 14.5. The van der Waals surface area contributed by atoms with Gasteiger partial charge in [-0.3, -0.25) is 9.78 Å². The van der Waals surface area contributed by atoms with Crippen molar-refractivity contribution in [1.82, 2.24) is 19.6 Å². The molecule has 1 fully saturated rings. The number of nitrogens with zero attached hydrogens (tertiary/aromatic N) is 5. The molecule has 4 rings (SSSR count). The fraction of sp³-hybridized carbons (Fsp3) is 0.364. The van der Waals surface area contributed by atoms with Gasteiger partial charge in [0.1, 0.15) is 11.6 Å². The van der Waals surface area contributed by atoms with Gasteiger partial charge in [-0.15, -0.1) is 0 Å². The Bertz CT molecular complexity index is 1120. The number of hydrogen-bond donors (Lipinski definition) is 1. The smallest absolute Gasteiger partial charge is 0.305 e. The highest BCUT2D eigenvalue weighted by atomic mass is 16.5. The lowest BCUT2D eigenvalue weighted by atomic mass is 10.1. The normalized spacial score (nSPS) is 16.6. The number of nitrogen functional groups attached to an aromatic ring is 1. The van der Waals surface area contributed by atoms with Crippen LogP contribution < -0.4 is 10.6 Å². The highest BCUT2D eigenvalue weighted by Gasteiger charge is 2.27. The molecule has 4 heterocycles. The summed E-state index contributed by atoms with van der Waals surface area (Å²) >= 11 is 0. The number of anilines is 2. The Morgan fingerprint density at radius 2 is 2.20 bits per heavy atom. The van der Waals surface area contributed by atoms with Gasteiger partial charge in [0.15, 0.2) is 5.65 Å². The van der Waals surface area contributed by atoms with Crippen LogP contribution in [-0.4, -0.2) is 45.8 Å². The Hall–Kier alpha value is -3.42. The fourth-order valence-corrected chi connectivity index (χ4v) is 3.91. The molecule has 8 nitrogen and oxygen atoms in total. The van der Waals surface area contributed by atoms with E-state index in [4.69, 9.17) is 15.5 Å². The van der Waals surface area contributed by atoms with Crippen molar-refractivity contribution in [3.63, 3.8) is 0 Å². The summed E-state index contributed by atoms with van der Waals surface area (Å²) in [6.07, 6.45) is 8.99. The van der Waals surface area contributed by atoms with E-state index in [1.807, 2.05) is 38.3 Å². The average molecular weight is 406 g/mol. The Kier molecular flexibility index (Phi) is 5.39. The number of rotatable bonds is 5. The van der Waals surface area contributed by atoms with Crippen LogP contribution in [0.5, 0.6) is 0 Å². The fourth-order valence-electron chi connectivity index (χ4n) is 3.91. The summed E-state index contributed by atoms with van der Waals surface area (Å²) in [5.41, 5.74) is 10.8. The van der Waals surface area contributed by atoms with Crippen molar-refractivity contribution in [3.8, 4) is 11.1 Å². The van der Waals surface area contributed by atoms with Crippen molar-refractivity contribution in [2.45, 2.75) is 26.7 Å². The number of ether oxygens (including phenoxy) is 1. The molecule has 8 heteroatoms. The monoisotopic (exact) mass is 406 g/mol. The number of allylic oxidation sites excluding steroid dienone is 1. The molecule has 1 unspecified atom stereocenters. The number of methoxy groups -OCH3 is 1. The summed E-state index contributed by atoms with van der Waals surface area (Å²) in [4.78, 5) is 23.2. The van der Waals surface area contributed by atoms with Gasteiger partial charge in [-0.2, -0.15) is 9.61 Å². The summed E-state index contributed by atoms with van der Waals surface area (Å²) in [6, 6.07) is 3.93. The van der Waals surface area contributed by atoms with Crippen LogP contribution in [0.25, 0.3) is 22.9 Å². The first-order valence-corrected chi connectivity index (χ1v) is 10.1. The second kappa shape index (κ2) is 8.14. The zero-order chi connectivity index (χ0) is 21.3. The SMILES string of the molecule is C/C=C\c1cc(-c2cnn3c(N)cc(N4CCC(CC(=O)OC)C4)nc23)cnc1C. The van der Waals surface area contributed by atoms with Gasteiger partial charge in [-0.1, -0.05) is 12.2 Å². The van der Waals surface area contributed by atoms with Crippen LogP contribution in [0.3, 0.4) is 0 Å². The van der Waals surface area contributed by atoms with Gasteiger partial charge in [-0.25, -0.2) is 4.98 Å². The first-order valence-electron chi connectivity index (χ1n) is 10.1. The minimum absolute atomic E-state index is 0.174. The van der Waals surface area contributed by atoms with Gasteiger partial charge in [-0.05, 0) is 37.8 Å². The van der Waals surface area contributed by atoms with Gasteiger partial charge in [0.2, 0.25) is 0 Å². The van der Waals surface area contributed by atoms with Crippen LogP contribution in [0, 0.1) is 12.8 Å². The topological polar surface area (TPSA) is 98.6 Å². The van der Waals surface area contributed by atoms with Crippen molar-refractivity contribution in [2.24, 2.45) is 5.92 Å². The molecule has 0 saturated carbocycles. The molecule has 0 aliphatic carbocycles. The van der Waals surface area contributed by atoms with Crippen LogP contribution in [-0.2, 0) is 9.53 Å². The summed E-state index contributed by atoms with van der Waals surface area (Å²) < 4.78 is 6.45. The van der Waals surface area contributed by atoms with E-state index in [2.05, 4.69) is 21.0 Å². The molecule has 0 spiro atoms. The Morgan fingerprint density at radius 3 is 2.97 bits per heavy atom. The predicted molar refractivity (Wildman–Crippen MR) is 117 cm³/mol. The molecule has 0 aromatic carbocycles. The Balaban J connectivity index is 1.69. The molecule has 3 aromatic rings. The number of aryl methyl sites for hydroxylation is 1. The van der Waals surface area contributed by atoms with E-state index >= 15 is 0 Å². The van der Waals surface area contributed by atoms with Gasteiger partial charge in [0.25, 0.3) is 0 Å². The lowest BCUT2D eigenvalue weighted by molar-refractivity contribution is -0.141. The number of pyridine rings is 1. The summed E-state index contributed by atoms with van der Waals surface area (Å²) in [7, 11) is 1.42. The first kappa shape index (κ1) is 19.9. The maximum atomic E-state index is 11.6. The summed E-state index contributed by atoms with van der Waals surface area (Å²) in [6.45, 7) is 5.55. The van der Waals surface area contributed by atoms with Crippen molar-refractivity contribution in [3.05, 3.63) is 41.9 Å². The molecule has 2 N–H and O–H groups in total. The van der Waals surface area contributed by atoms with Gasteiger partial charge in [0.05, 0.1) is 19.7 Å². The zero-order valence-corrected chi connectivity index (χ0v) is 17.5. The summed E-state index contributed by atoms with van der Waals surface area (Å²) in [5.74, 6) is 1.40. The van der Waals surface area contributed by atoms with Crippen LogP contribution in [0.4, 0.5) is 11.6 Å². The van der Waals surface area contributed by atoms with Crippen LogP contribution in [0.15, 0.2) is 30.6 Å². The number of hydrogen-bond acceptors (Lipinski definition) is 7. The molecule has 0 bridgehead atoms. The van der Waals surface area contributed by atoms with Crippen molar-refractivity contribution >= 4 is 29.3 Å². The lowest BCUT2D eigenvalue weighted by Crippen LogP contribution is -2.22. The lowest BCUT2D eigenvalue weighted by Gasteiger charge is -2.18. The third-order valence-electron chi connectivity index (χ3n) is 5.56. The largest absolute Gasteiger partial charge is 0.469 e. The van der Waals surface area contributed by atoms with E-state index in [-0.39, 0.29) is 11.9 Å². The maximum absolute atomic E-state index is 11.6. The second-order valence-electron chi connectivity index (χ2n) is 7.61. The van der Waals surface area contributed by atoms with Crippen molar-refractivity contribution < 1.29 is 9.53 Å². The standard InChI is InChI=1S/C22H26N6O2/c1-4-5-16-9-17(11-24-14(16)2)18-12-25-28-19(23)10-20(26-22(18)28)27-7-6-15(13-27)8-21(29)30-3/h4-5,9-12,15H,6-8,13,23H2,1-3H3/b5-4-. The highest BCUT2D eigenvalue weighted by molar-refractivity contribution is 5.80. The molecule has 1 aliphatic heterocycles. The van der Waals surface area contributed by atoms with Crippen LogP contribution in [0.1, 0.15) is 31.0 Å². The van der Waals surface area contributed by atoms with E-state index < -0.39 is 0 Å². The van der Waals surface area contributed by atoms with E-state index in [0.29, 0.717) is 17.9 Å². The summed E-state index contributed by atoms with van der Waals surface area (Å²) in [5, 5.41) is 4.43. The van der Waals surface area contributed by atoms with Crippen LogP contribution in [0.2, 0.25) is 0 Å². The number of carbonyl (C=O) groups excluding carboxylic acids is 1. The molecule has 1 saturated heterocycles. The third-order valence-corrected chi connectivity index (χ3v) is 5.56. The predicted octanol–water partition coefficient (Wildman–Crippen LogP) is 3.10. The van der Waals surface area contributed by atoms with Crippen molar-refractivity contribution in [2.75, 3.05) is 30.8 Å². The van der Waals surface area contributed by atoms with Gasteiger partial charge < -0.3 is 15.4 Å². The van der Waals surface area contributed by atoms with E-state index in [1.54, 1.807) is 10.7 Å². The molecule has 156 valence electrons. The minimum Gasteiger partial charge on any atom is -0.469 e. The Labute approximate surface area is 175 Å². The molecular weight excluding hydrogens is 380 g/mol. The van der Waals surface area contributed by atoms with Gasteiger partial charge in [0, 0.05) is 42.2 Å². The number of esters is 1. The number of fused-ring (bicyclic) bond motifs is 1. The zero-order valence-electron chi connectivity index (χ0n) is 17.5. The molecule has 1 aliphatic rings. The number of carbonyl (C=O) groups is 1. The third kappa shape index (κ3) is 3.72. The molecule has 30 heavy (non-hydrogen) atoms.